The number of carbonyl (C=O) groups excluding carboxylic acids is 1. The Morgan fingerprint density at radius 3 is 2.21 bits per heavy atom. The molecular formula is C19H18O5. The lowest BCUT2D eigenvalue weighted by molar-refractivity contribution is -0.110. The Labute approximate surface area is 140 Å². The normalized spacial score (nSPS) is 11.5. The molecule has 0 unspecified atom stereocenters. The van der Waals surface area contributed by atoms with Gasteiger partial charge in [-0.15, -0.1) is 0 Å². The molecule has 0 spiro atoms. The van der Waals surface area contributed by atoms with E-state index >= 15 is 0 Å². The maximum Gasteiger partial charge on any atom is 0.182 e. The summed E-state index contributed by atoms with van der Waals surface area (Å²) in [5.74, 6) is 0.286. The number of allylic oxidation sites excluding steroid dienone is 2. The van der Waals surface area contributed by atoms with Gasteiger partial charge in [-0.3, -0.25) is 4.79 Å². The highest BCUT2D eigenvalue weighted by molar-refractivity contribution is 6.05. The van der Waals surface area contributed by atoms with Crippen molar-refractivity contribution in [3.63, 3.8) is 0 Å². The van der Waals surface area contributed by atoms with Crippen molar-refractivity contribution in [3.8, 4) is 17.2 Å². The van der Waals surface area contributed by atoms with Crippen LogP contribution in [0.15, 0.2) is 54.6 Å². The van der Waals surface area contributed by atoms with Gasteiger partial charge in [0.1, 0.15) is 23.0 Å². The molecule has 2 rings (SSSR count). The molecule has 0 fully saturated rings. The fourth-order valence-electron chi connectivity index (χ4n) is 2.01. The summed E-state index contributed by atoms with van der Waals surface area (Å²) in [6.45, 7) is 0. The molecule has 0 saturated heterocycles. The molecule has 0 radical (unpaired) electrons. The summed E-state index contributed by atoms with van der Waals surface area (Å²) in [5, 5.41) is 19.8. The topological polar surface area (TPSA) is 76.0 Å². The van der Waals surface area contributed by atoms with Crippen LogP contribution >= 0.6 is 0 Å². The minimum Gasteiger partial charge on any atom is -0.507 e. The van der Waals surface area contributed by atoms with Crippen molar-refractivity contribution in [2.24, 2.45) is 0 Å². The second-order valence-corrected chi connectivity index (χ2v) is 4.92. The van der Waals surface area contributed by atoms with Gasteiger partial charge in [-0.1, -0.05) is 18.2 Å². The Morgan fingerprint density at radius 2 is 1.62 bits per heavy atom. The maximum absolute atomic E-state index is 11.9. The van der Waals surface area contributed by atoms with Crippen molar-refractivity contribution in [3.05, 3.63) is 65.7 Å². The molecule has 2 aromatic carbocycles. The smallest absolute Gasteiger partial charge is 0.182 e. The zero-order valence-electron chi connectivity index (χ0n) is 13.4. The van der Waals surface area contributed by atoms with E-state index in [2.05, 4.69) is 0 Å². The van der Waals surface area contributed by atoms with Crippen LogP contribution in [0, 0.1) is 0 Å². The number of ketones is 1. The van der Waals surface area contributed by atoms with E-state index in [0.717, 1.165) is 17.4 Å². The highest BCUT2D eigenvalue weighted by Crippen LogP contribution is 2.27. The zero-order valence-corrected chi connectivity index (χ0v) is 13.4. The van der Waals surface area contributed by atoms with Crippen LogP contribution in [0.2, 0.25) is 0 Å². The number of benzene rings is 2. The molecule has 0 atom stereocenters. The van der Waals surface area contributed by atoms with Gasteiger partial charge in [0.05, 0.1) is 19.8 Å². The minimum absolute atomic E-state index is 0.155. The van der Waals surface area contributed by atoms with Crippen LogP contribution < -0.4 is 9.47 Å². The van der Waals surface area contributed by atoms with Crippen molar-refractivity contribution in [1.82, 2.24) is 0 Å². The summed E-state index contributed by atoms with van der Waals surface area (Å²) in [6, 6.07) is 11.6. The molecule has 0 amide bonds. The molecule has 0 bridgehead atoms. The molecule has 5 nitrogen and oxygen atoms in total. The number of methoxy groups -OCH3 is 2. The number of hydrogen-bond acceptors (Lipinski definition) is 5. The lowest BCUT2D eigenvalue weighted by Gasteiger charge is -2.05. The maximum atomic E-state index is 11.9. The summed E-state index contributed by atoms with van der Waals surface area (Å²) in [7, 11) is 3.05. The molecule has 5 heteroatoms. The van der Waals surface area contributed by atoms with Crippen molar-refractivity contribution >= 4 is 17.6 Å². The quantitative estimate of drug-likeness (QED) is 0.627. The van der Waals surface area contributed by atoms with Crippen molar-refractivity contribution in [2.45, 2.75) is 0 Å². The third kappa shape index (κ3) is 4.39. The molecular weight excluding hydrogens is 308 g/mol. The first-order valence-electron chi connectivity index (χ1n) is 7.17. The van der Waals surface area contributed by atoms with Crippen LogP contribution in [-0.4, -0.2) is 30.2 Å². The average Bonchev–Trinajstić information content (AvgIpc) is 2.60. The van der Waals surface area contributed by atoms with Gasteiger partial charge in [0.25, 0.3) is 0 Å². The molecule has 0 saturated carbocycles. The molecule has 0 aliphatic rings. The van der Waals surface area contributed by atoms with E-state index in [-0.39, 0.29) is 17.1 Å². The number of rotatable bonds is 6. The first-order chi connectivity index (χ1) is 11.5. The van der Waals surface area contributed by atoms with Gasteiger partial charge < -0.3 is 19.7 Å². The summed E-state index contributed by atoms with van der Waals surface area (Å²) >= 11 is 0. The van der Waals surface area contributed by atoms with Gasteiger partial charge >= 0.3 is 0 Å². The van der Waals surface area contributed by atoms with Gasteiger partial charge in [-0.2, -0.15) is 0 Å². The van der Waals surface area contributed by atoms with Gasteiger partial charge in [0.2, 0.25) is 0 Å². The van der Waals surface area contributed by atoms with E-state index in [1.165, 1.54) is 25.3 Å². The van der Waals surface area contributed by atoms with Crippen LogP contribution in [0.4, 0.5) is 0 Å². The Kier molecular flexibility index (Phi) is 5.63. The molecule has 2 aromatic rings. The molecule has 0 aliphatic heterocycles. The number of ether oxygens (including phenoxy) is 2. The number of aromatic hydroxyl groups is 1. The molecule has 24 heavy (non-hydrogen) atoms. The van der Waals surface area contributed by atoms with Crippen LogP contribution in [0.1, 0.15) is 11.1 Å². The highest BCUT2D eigenvalue weighted by Gasteiger charge is 2.08. The first-order valence-corrected chi connectivity index (χ1v) is 7.17. The van der Waals surface area contributed by atoms with Gasteiger partial charge in [0.15, 0.2) is 5.78 Å². The SMILES string of the molecule is COc1ccc(C=CC(=O)C=C(O)c2ccc(OC)cc2O)cc1. The number of phenolic OH excluding ortho intramolecular Hbond substituents is 1. The van der Waals surface area contributed by atoms with Crippen LogP contribution in [0.25, 0.3) is 11.8 Å². The zero-order chi connectivity index (χ0) is 17.5. The minimum atomic E-state index is -0.404. The molecule has 124 valence electrons. The van der Waals surface area contributed by atoms with Crippen LogP contribution in [0.5, 0.6) is 17.2 Å². The fourth-order valence-corrected chi connectivity index (χ4v) is 2.01. The van der Waals surface area contributed by atoms with Gasteiger partial charge in [-0.05, 0) is 35.9 Å². The number of aliphatic hydroxyl groups is 1. The van der Waals surface area contributed by atoms with Gasteiger partial charge in [0, 0.05) is 12.1 Å². The Hall–Kier alpha value is -3.21. The lowest BCUT2D eigenvalue weighted by atomic mass is 10.1. The summed E-state index contributed by atoms with van der Waals surface area (Å²) in [5.41, 5.74) is 0.978. The monoisotopic (exact) mass is 326 g/mol. The predicted octanol–water partition coefficient (Wildman–Crippen LogP) is 3.59. The van der Waals surface area contributed by atoms with E-state index in [1.807, 2.05) is 12.1 Å². The summed E-state index contributed by atoms with van der Waals surface area (Å²) in [6.07, 6.45) is 4.00. The van der Waals surface area contributed by atoms with E-state index < -0.39 is 5.78 Å². The summed E-state index contributed by atoms with van der Waals surface area (Å²) < 4.78 is 10.0. The largest absolute Gasteiger partial charge is 0.507 e. The van der Waals surface area contributed by atoms with E-state index in [4.69, 9.17) is 9.47 Å². The molecule has 0 aliphatic carbocycles. The Balaban J connectivity index is 2.11. The lowest BCUT2D eigenvalue weighted by Crippen LogP contribution is -1.92. The van der Waals surface area contributed by atoms with Crippen LogP contribution in [0.3, 0.4) is 0 Å². The fraction of sp³-hybridized carbons (Fsp3) is 0.105. The molecule has 0 aromatic heterocycles. The van der Waals surface area contributed by atoms with Crippen molar-refractivity contribution in [1.29, 1.82) is 0 Å². The predicted molar refractivity (Wildman–Crippen MR) is 92.3 cm³/mol. The Bertz CT molecular complexity index is 773. The highest BCUT2D eigenvalue weighted by atomic mass is 16.5. The number of aliphatic hydroxyl groups excluding tert-OH is 1. The second kappa shape index (κ2) is 7.87. The van der Waals surface area contributed by atoms with E-state index in [1.54, 1.807) is 31.4 Å². The van der Waals surface area contributed by atoms with Crippen LogP contribution in [-0.2, 0) is 4.79 Å². The molecule has 0 heterocycles. The number of hydrogen-bond donors (Lipinski definition) is 2. The summed E-state index contributed by atoms with van der Waals surface area (Å²) in [4.78, 5) is 11.9. The van der Waals surface area contributed by atoms with E-state index in [0.29, 0.717) is 5.75 Å². The van der Waals surface area contributed by atoms with Crippen molar-refractivity contribution < 1.29 is 24.5 Å². The van der Waals surface area contributed by atoms with Gasteiger partial charge in [-0.25, -0.2) is 0 Å². The standard InChI is InChI=1S/C19H18O5/c1-23-15-7-4-13(5-8-15)3-6-14(20)11-18(21)17-10-9-16(24-2)12-19(17)22/h3-12,21-22H,1-2H3. The molecule has 2 N–H and O–H groups in total. The Morgan fingerprint density at radius 1 is 1.00 bits per heavy atom. The first kappa shape index (κ1) is 17.1. The average molecular weight is 326 g/mol. The second-order valence-electron chi connectivity index (χ2n) is 4.92. The number of carbonyl (C=O) groups is 1. The third-order valence-electron chi connectivity index (χ3n) is 3.32. The van der Waals surface area contributed by atoms with Crippen molar-refractivity contribution in [2.75, 3.05) is 14.2 Å². The number of phenols is 1. The third-order valence-corrected chi connectivity index (χ3v) is 3.32. The van der Waals surface area contributed by atoms with E-state index in [9.17, 15) is 15.0 Å².